The highest BCUT2D eigenvalue weighted by molar-refractivity contribution is 7.89. The molecule has 0 fully saturated rings. The Morgan fingerprint density at radius 3 is 2.29 bits per heavy atom. The van der Waals surface area contributed by atoms with Gasteiger partial charge in [-0.2, -0.15) is 0 Å². The van der Waals surface area contributed by atoms with Crippen LogP contribution in [0.3, 0.4) is 0 Å². The van der Waals surface area contributed by atoms with Crippen LogP contribution in [0, 0.1) is 0 Å². The quantitative estimate of drug-likeness (QED) is 0.594. The van der Waals surface area contributed by atoms with Gasteiger partial charge in [0.2, 0.25) is 10.0 Å². The van der Waals surface area contributed by atoms with Crippen molar-refractivity contribution >= 4 is 26.8 Å². The molecule has 146 valence electrons. The van der Waals surface area contributed by atoms with Gasteiger partial charge in [-0.15, -0.1) is 0 Å². The fraction of sp³-hybridized carbons (Fsp3) is 0.190. The first-order valence-corrected chi connectivity index (χ1v) is 10.0. The number of nitrogens with zero attached hydrogens (tertiary/aromatic N) is 1. The van der Waals surface area contributed by atoms with Crippen LogP contribution >= 0.6 is 0 Å². The molecule has 3 aromatic rings. The average Bonchev–Trinajstić information content (AvgIpc) is 2.71. The van der Waals surface area contributed by atoms with Gasteiger partial charge in [0.15, 0.2) is 0 Å². The van der Waals surface area contributed by atoms with Crippen molar-refractivity contribution < 1.29 is 22.7 Å². The average molecular weight is 399 g/mol. The molecule has 0 aliphatic carbocycles. The fourth-order valence-electron chi connectivity index (χ4n) is 2.78. The van der Waals surface area contributed by atoms with E-state index in [1.54, 1.807) is 24.3 Å². The molecule has 0 N–H and O–H groups in total. The summed E-state index contributed by atoms with van der Waals surface area (Å²) in [6.07, 6.45) is 0. The number of hydrogen-bond donors (Lipinski definition) is 0. The molecule has 0 aliphatic heterocycles. The molecule has 0 aromatic heterocycles. The number of carbonyl (C=O) groups excluding carboxylic acids is 1. The van der Waals surface area contributed by atoms with Crippen LogP contribution in [0.4, 0.5) is 0 Å². The molecular formula is C21H21NO5S. The predicted molar refractivity (Wildman–Crippen MR) is 107 cm³/mol. The van der Waals surface area contributed by atoms with Gasteiger partial charge >= 0.3 is 5.97 Å². The maximum atomic E-state index is 12.6. The molecule has 6 nitrogen and oxygen atoms in total. The maximum absolute atomic E-state index is 12.6. The number of hydrogen-bond acceptors (Lipinski definition) is 5. The molecule has 0 atom stereocenters. The van der Waals surface area contributed by atoms with E-state index in [0.29, 0.717) is 16.9 Å². The molecule has 0 saturated heterocycles. The lowest BCUT2D eigenvalue weighted by Gasteiger charge is -2.13. The SMILES string of the molecule is COc1cc2ccccc2cc1C(=O)OCc1cccc(S(=O)(=O)N(C)C)c1. The number of carbonyl (C=O) groups is 1. The van der Waals surface area contributed by atoms with Crippen LogP contribution in [0.2, 0.25) is 0 Å². The molecule has 0 saturated carbocycles. The highest BCUT2D eigenvalue weighted by Crippen LogP contribution is 2.27. The van der Waals surface area contributed by atoms with Crippen LogP contribution in [0.5, 0.6) is 5.75 Å². The third kappa shape index (κ3) is 4.00. The summed E-state index contributed by atoms with van der Waals surface area (Å²) in [4.78, 5) is 12.8. The smallest absolute Gasteiger partial charge is 0.342 e. The van der Waals surface area contributed by atoms with Gasteiger partial charge in [-0.1, -0.05) is 36.4 Å². The first kappa shape index (κ1) is 19.9. The van der Waals surface area contributed by atoms with E-state index in [1.165, 1.54) is 33.3 Å². The Labute approximate surface area is 164 Å². The fourth-order valence-corrected chi connectivity index (χ4v) is 3.75. The minimum Gasteiger partial charge on any atom is -0.496 e. The second-order valence-electron chi connectivity index (χ2n) is 6.41. The van der Waals surface area contributed by atoms with Crippen LogP contribution in [-0.2, 0) is 21.4 Å². The summed E-state index contributed by atoms with van der Waals surface area (Å²) in [6.45, 7) is -0.0500. The molecule has 0 spiro atoms. The van der Waals surface area contributed by atoms with E-state index in [4.69, 9.17) is 9.47 Å². The van der Waals surface area contributed by atoms with Gasteiger partial charge in [0, 0.05) is 14.1 Å². The summed E-state index contributed by atoms with van der Waals surface area (Å²) in [6, 6.07) is 17.5. The van der Waals surface area contributed by atoms with Gasteiger partial charge in [-0.25, -0.2) is 17.5 Å². The van der Waals surface area contributed by atoms with Crippen molar-refractivity contribution in [3.05, 3.63) is 71.8 Å². The molecule has 0 heterocycles. The lowest BCUT2D eigenvalue weighted by molar-refractivity contribution is 0.0469. The highest BCUT2D eigenvalue weighted by Gasteiger charge is 2.18. The van der Waals surface area contributed by atoms with Crippen molar-refractivity contribution in [2.45, 2.75) is 11.5 Å². The van der Waals surface area contributed by atoms with Crippen LogP contribution in [0.15, 0.2) is 65.6 Å². The van der Waals surface area contributed by atoms with E-state index >= 15 is 0 Å². The van der Waals surface area contributed by atoms with Gasteiger partial charge in [-0.3, -0.25) is 0 Å². The van der Waals surface area contributed by atoms with E-state index in [0.717, 1.165) is 15.1 Å². The Hall–Kier alpha value is -2.90. The van der Waals surface area contributed by atoms with E-state index < -0.39 is 16.0 Å². The number of ether oxygens (including phenoxy) is 2. The first-order valence-electron chi connectivity index (χ1n) is 8.58. The number of benzene rings is 3. The van der Waals surface area contributed by atoms with Gasteiger partial charge in [-0.05, 0) is 40.6 Å². The molecule has 28 heavy (non-hydrogen) atoms. The summed E-state index contributed by atoms with van der Waals surface area (Å²) < 4.78 is 36.4. The molecule has 0 aliphatic rings. The van der Waals surface area contributed by atoms with Crippen molar-refractivity contribution in [2.75, 3.05) is 21.2 Å². The molecular weight excluding hydrogens is 378 g/mol. The molecule has 7 heteroatoms. The van der Waals surface area contributed by atoms with Gasteiger partial charge in [0.1, 0.15) is 17.9 Å². The van der Waals surface area contributed by atoms with Crippen LogP contribution in [-0.4, -0.2) is 39.9 Å². The molecule has 0 amide bonds. The highest BCUT2D eigenvalue weighted by atomic mass is 32.2. The van der Waals surface area contributed by atoms with Crippen molar-refractivity contribution in [3.8, 4) is 5.75 Å². The number of esters is 1. The lowest BCUT2D eigenvalue weighted by atomic mass is 10.1. The molecule has 3 rings (SSSR count). The Bertz CT molecular complexity index is 1120. The molecule has 0 radical (unpaired) electrons. The zero-order valence-electron chi connectivity index (χ0n) is 15.9. The van der Waals surface area contributed by atoms with Crippen molar-refractivity contribution in [2.24, 2.45) is 0 Å². The van der Waals surface area contributed by atoms with Gasteiger partial charge < -0.3 is 9.47 Å². The van der Waals surface area contributed by atoms with E-state index in [-0.39, 0.29) is 11.5 Å². The number of methoxy groups -OCH3 is 1. The minimum absolute atomic E-state index is 0.0500. The largest absolute Gasteiger partial charge is 0.496 e. The van der Waals surface area contributed by atoms with Crippen LogP contribution < -0.4 is 4.74 Å². The summed E-state index contributed by atoms with van der Waals surface area (Å²) in [5.41, 5.74) is 0.897. The number of rotatable bonds is 6. The summed E-state index contributed by atoms with van der Waals surface area (Å²) >= 11 is 0. The second kappa shape index (κ2) is 8.00. The second-order valence-corrected chi connectivity index (χ2v) is 8.56. The number of sulfonamides is 1. The van der Waals surface area contributed by atoms with Crippen LogP contribution in [0.1, 0.15) is 15.9 Å². The molecule has 0 bridgehead atoms. The van der Waals surface area contributed by atoms with Crippen molar-refractivity contribution in [1.29, 1.82) is 0 Å². The monoisotopic (exact) mass is 399 g/mol. The Morgan fingerprint density at radius 2 is 1.64 bits per heavy atom. The zero-order valence-corrected chi connectivity index (χ0v) is 16.7. The summed E-state index contributed by atoms with van der Waals surface area (Å²) in [5, 5.41) is 1.85. The summed E-state index contributed by atoms with van der Waals surface area (Å²) in [7, 11) is 0.877. The Morgan fingerprint density at radius 1 is 0.964 bits per heavy atom. The van der Waals surface area contributed by atoms with E-state index in [1.807, 2.05) is 24.3 Å². The number of fused-ring (bicyclic) bond motifs is 1. The third-order valence-corrected chi connectivity index (χ3v) is 6.15. The van der Waals surface area contributed by atoms with E-state index in [9.17, 15) is 13.2 Å². The normalized spacial score (nSPS) is 11.6. The Balaban J connectivity index is 1.82. The minimum atomic E-state index is -3.55. The predicted octanol–water partition coefficient (Wildman–Crippen LogP) is 3.46. The Kier molecular flexibility index (Phi) is 5.67. The van der Waals surface area contributed by atoms with Gasteiger partial charge in [0.25, 0.3) is 0 Å². The van der Waals surface area contributed by atoms with Crippen molar-refractivity contribution in [1.82, 2.24) is 4.31 Å². The van der Waals surface area contributed by atoms with Crippen molar-refractivity contribution in [3.63, 3.8) is 0 Å². The summed E-state index contributed by atoms with van der Waals surface area (Å²) in [5.74, 6) is -0.115. The van der Waals surface area contributed by atoms with E-state index in [2.05, 4.69) is 0 Å². The molecule has 0 unspecified atom stereocenters. The lowest BCUT2D eigenvalue weighted by Crippen LogP contribution is -2.22. The zero-order chi connectivity index (χ0) is 20.3. The topological polar surface area (TPSA) is 72.9 Å². The first-order chi connectivity index (χ1) is 13.3. The van der Waals surface area contributed by atoms with Crippen LogP contribution in [0.25, 0.3) is 10.8 Å². The third-order valence-electron chi connectivity index (χ3n) is 4.33. The van der Waals surface area contributed by atoms with Gasteiger partial charge in [0.05, 0.1) is 12.0 Å². The molecule has 3 aromatic carbocycles. The standard InChI is InChI=1S/C21H21NO5S/c1-22(2)28(24,25)18-10-6-7-15(11-18)14-27-21(23)19-12-16-8-4-5-9-17(16)13-20(19)26-3/h4-13H,14H2,1-3H3. The maximum Gasteiger partial charge on any atom is 0.342 e.